The number of ether oxygens (including phenoxy) is 1. The number of aromatic nitrogens is 1. The summed E-state index contributed by atoms with van der Waals surface area (Å²) in [4.78, 5) is 30.7. The second-order valence-corrected chi connectivity index (χ2v) is 8.89. The summed E-state index contributed by atoms with van der Waals surface area (Å²) in [5.41, 5.74) is 1.30. The van der Waals surface area contributed by atoms with Gasteiger partial charge in [-0.3, -0.25) is 9.59 Å². The van der Waals surface area contributed by atoms with E-state index in [1.807, 2.05) is 19.1 Å². The molecule has 0 atom stereocenters. The van der Waals surface area contributed by atoms with Gasteiger partial charge in [0.2, 0.25) is 11.8 Å². The van der Waals surface area contributed by atoms with Crippen molar-refractivity contribution in [2.24, 2.45) is 0 Å². The predicted octanol–water partition coefficient (Wildman–Crippen LogP) is 4.90. The van der Waals surface area contributed by atoms with E-state index < -0.39 is 6.36 Å². The number of thiophene rings is 1. The van der Waals surface area contributed by atoms with Crippen LogP contribution in [0.4, 0.5) is 18.3 Å². The number of carbonyl (C=O) groups excluding carboxylic acids is 2. The maximum absolute atomic E-state index is 12.3. The molecule has 0 saturated heterocycles. The number of thiazole rings is 1. The minimum absolute atomic E-state index is 0.0138. The Labute approximate surface area is 184 Å². The molecule has 2 heterocycles. The van der Waals surface area contributed by atoms with Crippen LogP contribution in [0.5, 0.6) is 5.75 Å². The van der Waals surface area contributed by atoms with E-state index in [0.29, 0.717) is 17.2 Å². The highest BCUT2D eigenvalue weighted by Crippen LogP contribution is 2.34. The molecule has 164 valence electrons. The number of carbonyl (C=O) groups is 2. The number of anilines is 1. The van der Waals surface area contributed by atoms with Crippen LogP contribution in [-0.4, -0.2) is 23.2 Å². The summed E-state index contributed by atoms with van der Waals surface area (Å²) in [7, 11) is 0. The van der Waals surface area contributed by atoms with E-state index in [9.17, 15) is 22.8 Å². The largest absolute Gasteiger partial charge is 0.573 e. The lowest BCUT2D eigenvalue weighted by Crippen LogP contribution is -2.17. The Kier molecular flexibility index (Phi) is 6.96. The summed E-state index contributed by atoms with van der Waals surface area (Å²) >= 11 is 2.84. The van der Waals surface area contributed by atoms with Crippen molar-refractivity contribution >= 4 is 39.6 Å². The number of benzene rings is 1. The van der Waals surface area contributed by atoms with Crippen LogP contribution in [0.1, 0.15) is 22.2 Å². The Balaban J connectivity index is 1.61. The lowest BCUT2D eigenvalue weighted by Gasteiger charge is -2.09. The van der Waals surface area contributed by atoms with E-state index in [2.05, 4.69) is 20.4 Å². The van der Waals surface area contributed by atoms with Crippen molar-refractivity contribution in [2.75, 3.05) is 5.32 Å². The van der Waals surface area contributed by atoms with Crippen LogP contribution in [0.25, 0.3) is 10.6 Å². The number of aryl methyl sites for hydroxylation is 1. The fourth-order valence-corrected chi connectivity index (χ4v) is 4.55. The Bertz CT molecular complexity index is 1080. The first-order valence-corrected chi connectivity index (χ1v) is 10.7. The van der Waals surface area contributed by atoms with Gasteiger partial charge >= 0.3 is 6.36 Å². The second-order valence-electron chi connectivity index (χ2n) is 6.52. The third kappa shape index (κ3) is 6.79. The average Bonchev–Trinajstić information content (AvgIpc) is 3.26. The zero-order valence-corrected chi connectivity index (χ0v) is 18.1. The van der Waals surface area contributed by atoms with E-state index in [1.54, 1.807) is 0 Å². The van der Waals surface area contributed by atoms with Crippen molar-refractivity contribution in [3.05, 3.63) is 51.7 Å². The van der Waals surface area contributed by atoms with Gasteiger partial charge in [-0.05, 0) is 36.8 Å². The molecular weight excluding hydrogens is 451 g/mol. The molecule has 0 saturated carbocycles. The van der Waals surface area contributed by atoms with E-state index in [1.165, 1.54) is 41.7 Å². The summed E-state index contributed by atoms with van der Waals surface area (Å²) < 4.78 is 40.5. The summed E-state index contributed by atoms with van der Waals surface area (Å²) in [6.07, 6.45) is -4.77. The maximum Gasteiger partial charge on any atom is 0.573 e. The fourth-order valence-electron chi connectivity index (χ4n) is 2.65. The molecule has 3 rings (SSSR count). The average molecular weight is 470 g/mol. The first kappa shape index (κ1) is 22.8. The van der Waals surface area contributed by atoms with Crippen molar-refractivity contribution in [2.45, 2.75) is 33.2 Å². The SMILES string of the molecule is CC(=O)NCc1ccc(-c2nc(NC(=O)Cc3ccc(OC(F)(F)F)cc3)sc2C)s1. The number of nitrogens with one attached hydrogen (secondary N) is 2. The monoisotopic (exact) mass is 469 g/mol. The van der Waals surface area contributed by atoms with Crippen LogP contribution in [0.2, 0.25) is 0 Å². The maximum atomic E-state index is 12.3. The van der Waals surface area contributed by atoms with Gasteiger partial charge < -0.3 is 15.4 Å². The lowest BCUT2D eigenvalue weighted by molar-refractivity contribution is -0.274. The van der Waals surface area contributed by atoms with E-state index in [-0.39, 0.29) is 24.0 Å². The topological polar surface area (TPSA) is 80.3 Å². The molecule has 3 aromatic rings. The van der Waals surface area contributed by atoms with E-state index in [4.69, 9.17) is 0 Å². The van der Waals surface area contributed by atoms with Crippen LogP contribution in [-0.2, 0) is 22.6 Å². The molecule has 2 N–H and O–H groups in total. The number of hydrogen-bond acceptors (Lipinski definition) is 6. The number of amides is 2. The molecule has 2 amide bonds. The Hall–Kier alpha value is -2.92. The Morgan fingerprint density at radius 2 is 1.81 bits per heavy atom. The number of halogens is 3. The molecule has 2 aromatic heterocycles. The van der Waals surface area contributed by atoms with Gasteiger partial charge in [0.1, 0.15) is 5.75 Å². The molecule has 0 aliphatic rings. The van der Waals surface area contributed by atoms with Crippen LogP contribution in [0.3, 0.4) is 0 Å². The third-order valence-electron chi connectivity index (χ3n) is 3.97. The fraction of sp³-hybridized carbons (Fsp3) is 0.250. The smallest absolute Gasteiger partial charge is 0.406 e. The Morgan fingerprint density at radius 1 is 1.10 bits per heavy atom. The van der Waals surface area contributed by atoms with Gasteiger partial charge in [-0.2, -0.15) is 0 Å². The van der Waals surface area contributed by atoms with Gasteiger partial charge in [0.15, 0.2) is 5.13 Å². The van der Waals surface area contributed by atoms with E-state index >= 15 is 0 Å². The third-order valence-corrected chi connectivity index (χ3v) is 5.95. The summed E-state index contributed by atoms with van der Waals surface area (Å²) in [6.45, 7) is 3.80. The standard InChI is InChI=1S/C20H18F3N3O3S2/c1-11-18(16-8-7-15(31-16)10-24-12(2)27)26-19(30-11)25-17(28)9-13-3-5-14(6-4-13)29-20(21,22)23/h3-8H,9-10H2,1-2H3,(H,24,27)(H,25,26,28). The molecule has 31 heavy (non-hydrogen) atoms. The normalized spacial score (nSPS) is 11.3. The number of rotatable bonds is 7. The molecule has 0 aliphatic heterocycles. The van der Waals surface area contributed by atoms with E-state index in [0.717, 1.165) is 32.5 Å². The second kappa shape index (κ2) is 9.48. The van der Waals surface area contributed by atoms with Gasteiger partial charge in [0.25, 0.3) is 0 Å². The van der Waals surface area contributed by atoms with Gasteiger partial charge in [-0.1, -0.05) is 12.1 Å². The van der Waals surface area contributed by atoms with Gasteiger partial charge in [0.05, 0.1) is 23.5 Å². The van der Waals surface area contributed by atoms with Crippen LogP contribution in [0.15, 0.2) is 36.4 Å². The van der Waals surface area contributed by atoms with Crippen molar-refractivity contribution in [1.82, 2.24) is 10.3 Å². The molecular formula is C20H18F3N3O3S2. The molecule has 0 aliphatic carbocycles. The van der Waals surface area contributed by atoms with Crippen molar-refractivity contribution in [3.63, 3.8) is 0 Å². The summed E-state index contributed by atoms with van der Waals surface area (Å²) in [5, 5.41) is 5.91. The highest BCUT2D eigenvalue weighted by atomic mass is 32.1. The Morgan fingerprint density at radius 3 is 2.45 bits per heavy atom. The molecule has 0 radical (unpaired) electrons. The zero-order valence-electron chi connectivity index (χ0n) is 16.5. The van der Waals surface area contributed by atoms with Gasteiger partial charge in [-0.25, -0.2) is 4.98 Å². The molecule has 0 bridgehead atoms. The molecule has 6 nitrogen and oxygen atoms in total. The number of alkyl halides is 3. The lowest BCUT2D eigenvalue weighted by atomic mass is 10.1. The minimum atomic E-state index is -4.76. The van der Waals surface area contributed by atoms with Gasteiger partial charge in [-0.15, -0.1) is 35.8 Å². The van der Waals surface area contributed by atoms with Crippen LogP contribution in [0, 0.1) is 6.92 Å². The van der Waals surface area contributed by atoms with Gasteiger partial charge in [0, 0.05) is 16.7 Å². The van der Waals surface area contributed by atoms with Crippen molar-refractivity contribution < 1.29 is 27.5 Å². The van der Waals surface area contributed by atoms with Crippen LogP contribution < -0.4 is 15.4 Å². The molecule has 11 heteroatoms. The zero-order chi connectivity index (χ0) is 22.6. The van der Waals surface area contributed by atoms with Crippen molar-refractivity contribution in [3.8, 4) is 16.3 Å². The predicted molar refractivity (Wildman–Crippen MR) is 113 cm³/mol. The first-order valence-electron chi connectivity index (χ1n) is 9.04. The van der Waals surface area contributed by atoms with Crippen LogP contribution >= 0.6 is 22.7 Å². The number of nitrogens with zero attached hydrogens (tertiary/aromatic N) is 1. The number of hydrogen-bond donors (Lipinski definition) is 2. The first-order chi connectivity index (χ1) is 14.6. The quantitative estimate of drug-likeness (QED) is 0.516. The minimum Gasteiger partial charge on any atom is -0.406 e. The highest BCUT2D eigenvalue weighted by Gasteiger charge is 2.31. The molecule has 0 unspecified atom stereocenters. The molecule has 1 aromatic carbocycles. The highest BCUT2D eigenvalue weighted by molar-refractivity contribution is 7.18. The summed E-state index contributed by atoms with van der Waals surface area (Å²) in [5.74, 6) is -0.778. The molecule has 0 fully saturated rings. The van der Waals surface area contributed by atoms with Crippen molar-refractivity contribution in [1.29, 1.82) is 0 Å². The molecule has 0 spiro atoms. The summed E-state index contributed by atoms with van der Waals surface area (Å²) in [6, 6.07) is 8.97.